The Morgan fingerprint density at radius 1 is 1.28 bits per heavy atom. The van der Waals surface area contributed by atoms with E-state index in [0.29, 0.717) is 24.6 Å². The molecule has 0 fully saturated rings. The lowest BCUT2D eigenvalue weighted by Crippen LogP contribution is -2.37. The van der Waals surface area contributed by atoms with Crippen molar-refractivity contribution < 1.29 is 14.3 Å². The second-order valence-electron chi connectivity index (χ2n) is 5.99. The molecule has 1 aliphatic rings. The molecule has 2 amide bonds. The summed E-state index contributed by atoms with van der Waals surface area (Å²) in [5, 5.41) is 11.2. The Morgan fingerprint density at radius 3 is 2.84 bits per heavy atom. The number of ether oxygens (including phenoxy) is 2. The van der Waals surface area contributed by atoms with Gasteiger partial charge in [-0.3, -0.25) is 0 Å². The van der Waals surface area contributed by atoms with E-state index >= 15 is 0 Å². The number of carbonyl (C=O) groups excluding carboxylic acids is 1. The molecule has 3 rings (SSSR count). The van der Waals surface area contributed by atoms with Crippen LogP contribution >= 0.6 is 0 Å². The molecule has 0 atom stereocenters. The molecule has 8 heteroatoms. The van der Waals surface area contributed by atoms with Gasteiger partial charge in [-0.05, 0) is 24.1 Å². The Bertz CT molecular complexity index is 759. The van der Waals surface area contributed by atoms with Gasteiger partial charge in [0.1, 0.15) is 5.82 Å². The Labute approximate surface area is 146 Å². The zero-order valence-electron chi connectivity index (χ0n) is 14.8. The number of hydrogen-bond donors (Lipinski definition) is 1. The van der Waals surface area contributed by atoms with E-state index in [-0.39, 0.29) is 6.03 Å². The lowest BCUT2D eigenvalue weighted by molar-refractivity contribution is 0.204. The predicted octanol–water partition coefficient (Wildman–Crippen LogP) is 1.58. The van der Waals surface area contributed by atoms with Gasteiger partial charge in [0.2, 0.25) is 0 Å². The fourth-order valence-corrected chi connectivity index (χ4v) is 2.91. The largest absolute Gasteiger partial charge is 0.493 e. The van der Waals surface area contributed by atoms with Crippen LogP contribution < -0.4 is 14.8 Å². The van der Waals surface area contributed by atoms with Crippen molar-refractivity contribution >= 4 is 6.03 Å². The SMILES string of the molecule is COc1ccc(CNC(=O)N(C)Cc2nnc3n2CCC3)cc1OC. The number of nitrogens with one attached hydrogen (secondary N) is 1. The van der Waals surface area contributed by atoms with Gasteiger partial charge >= 0.3 is 6.03 Å². The van der Waals surface area contributed by atoms with Crippen molar-refractivity contribution in [2.24, 2.45) is 0 Å². The van der Waals surface area contributed by atoms with Crippen LogP contribution in [0.1, 0.15) is 23.6 Å². The summed E-state index contributed by atoms with van der Waals surface area (Å²) in [4.78, 5) is 13.9. The minimum atomic E-state index is -0.162. The molecule has 1 aliphatic heterocycles. The molecule has 8 nitrogen and oxygen atoms in total. The summed E-state index contributed by atoms with van der Waals surface area (Å²) in [6, 6.07) is 5.41. The number of aryl methyl sites for hydroxylation is 1. The summed E-state index contributed by atoms with van der Waals surface area (Å²) >= 11 is 0. The van der Waals surface area contributed by atoms with Crippen LogP contribution in [0, 0.1) is 0 Å². The molecule has 0 spiro atoms. The number of urea groups is 1. The van der Waals surface area contributed by atoms with Crippen molar-refractivity contribution in [1.82, 2.24) is 25.0 Å². The first-order valence-electron chi connectivity index (χ1n) is 8.23. The Hall–Kier alpha value is -2.77. The van der Waals surface area contributed by atoms with E-state index in [2.05, 4.69) is 20.1 Å². The fraction of sp³-hybridized carbons (Fsp3) is 0.471. The number of benzene rings is 1. The van der Waals surface area contributed by atoms with Crippen LogP contribution in [0.15, 0.2) is 18.2 Å². The van der Waals surface area contributed by atoms with E-state index in [9.17, 15) is 4.79 Å². The second-order valence-corrected chi connectivity index (χ2v) is 5.99. The average molecular weight is 345 g/mol. The highest BCUT2D eigenvalue weighted by Gasteiger charge is 2.19. The first-order chi connectivity index (χ1) is 12.1. The zero-order chi connectivity index (χ0) is 17.8. The molecule has 0 unspecified atom stereocenters. The van der Waals surface area contributed by atoms with Crippen LogP contribution in [0.25, 0.3) is 0 Å². The quantitative estimate of drug-likeness (QED) is 0.860. The second kappa shape index (κ2) is 7.42. The number of rotatable bonds is 6. The topological polar surface area (TPSA) is 81.5 Å². The molecule has 0 saturated carbocycles. The number of nitrogens with zero attached hydrogens (tertiary/aromatic N) is 4. The molecule has 25 heavy (non-hydrogen) atoms. The van der Waals surface area contributed by atoms with Gasteiger partial charge in [-0.15, -0.1) is 10.2 Å². The van der Waals surface area contributed by atoms with Gasteiger partial charge in [0.25, 0.3) is 0 Å². The van der Waals surface area contributed by atoms with Crippen LogP contribution in [-0.2, 0) is 26.1 Å². The van der Waals surface area contributed by atoms with Crippen LogP contribution in [-0.4, -0.2) is 47.0 Å². The third kappa shape index (κ3) is 3.67. The van der Waals surface area contributed by atoms with Crippen molar-refractivity contribution in [2.45, 2.75) is 32.5 Å². The standard InChI is InChI=1S/C17H23N5O3/c1-21(11-16-20-19-15-5-4-8-22(15)16)17(23)18-10-12-6-7-13(24-2)14(9-12)25-3/h6-7,9H,4-5,8,10-11H2,1-3H3,(H,18,23). The molecule has 1 N–H and O–H groups in total. The van der Waals surface area contributed by atoms with E-state index in [4.69, 9.17) is 9.47 Å². The lowest BCUT2D eigenvalue weighted by atomic mass is 10.2. The molecular formula is C17H23N5O3. The molecule has 1 aromatic heterocycles. The average Bonchev–Trinajstić information content (AvgIpc) is 3.24. The highest BCUT2D eigenvalue weighted by atomic mass is 16.5. The summed E-state index contributed by atoms with van der Waals surface area (Å²) in [7, 11) is 4.93. The van der Waals surface area contributed by atoms with Crippen LogP contribution in [0.4, 0.5) is 4.79 Å². The molecule has 2 heterocycles. The van der Waals surface area contributed by atoms with Crippen molar-refractivity contribution in [2.75, 3.05) is 21.3 Å². The van der Waals surface area contributed by atoms with Gasteiger partial charge < -0.3 is 24.3 Å². The summed E-state index contributed by atoms with van der Waals surface area (Å²) in [6.07, 6.45) is 2.05. The van der Waals surface area contributed by atoms with Gasteiger partial charge in [-0.25, -0.2) is 4.79 Å². The molecule has 0 aliphatic carbocycles. The highest BCUT2D eigenvalue weighted by molar-refractivity contribution is 5.73. The number of fused-ring (bicyclic) bond motifs is 1. The molecule has 134 valence electrons. The lowest BCUT2D eigenvalue weighted by Gasteiger charge is -2.18. The number of hydrogen-bond acceptors (Lipinski definition) is 5. The van der Waals surface area contributed by atoms with E-state index < -0.39 is 0 Å². The maximum atomic E-state index is 12.3. The third-order valence-corrected chi connectivity index (χ3v) is 4.30. The molecular weight excluding hydrogens is 322 g/mol. The molecule has 1 aromatic carbocycles. The van der Waals surface area contributed by atoms with Gasteiger partial charge in [-0.1, -0.05) is 6.07 Å². The zero-order valence-corrected chi connectivity index (χ0v) is 14.8. The Balaban J connectivity index is 1.56. The summed E-state index contributed by atoms with van der Waals surface area (Å²) < 4.78 is 12.6. The van der Waals surface area contributed by atoms with Crippen LogP contribution in [0.2, 0.25) is 0 Å². The molecule has 0 radical (unpaired) electrons. The monoisotopic (exact) mass is 345 g/mol. The maximum Gasteiger partial charge on any atom is 0.317 e. The van der Waals surface area contributed by atoms with Crippen LogP contribution in [0.3, 0.4) is 0 Å². The maximum absolute atomic E-state index is 12.3. The summed E-state index contributed by atoms with van der Waals surface area (Å²) in [5.74, 6) is 3.14. The number of methoxy groups -OCH3 is 2. The minimum absolute atomic E-state index is 0.162. The van der Waals surface area contributed by atoms with Gasteiger partial charge in [0.15, 0.2) is 17.3 Å². The van der Waals surface area contributed by atoms with Gasteiger partial charge in [0.05, 0.1) is 20.8 Å². The van der Waals surface area contributed by atoms with Crippen molar-refractivity contribution in [1.29, 1.82) is 0 Å². The first kappa shape index (κ1) is 17.1. The molecule has 0 saturated heterocycles. The summed E-state index contributed by atoms with van der Waals surface area (Å²) in [6.45, 7) is 1.77. The van der Waals surface area contributed by atoms with E-state index in [0.717, 1.165) is 36.6 Å². The number of amides is 2. The molecule has 0 bridgehead atoms. The van der Waals surface area contributed by atoms with Crippen molar-refractivity contribution in [3.05, 3.63) is 35.4 Å². The Kier molecular flexibility index (Phi) is 5.06. The predicted molar refractivity (Wildman–Crippen MR) is 91.6 cm³/mol. The number of aromatic nitrogens is 3. The van der Waals surface area contributed by atoms with E-state index in [1.807, 2.05) is 18.2 Å². The van der Waals surface area contributed by atoms with Crippen molar-refractivity contribution in [3.8, 4) is 11.5 Å². The van der Waals surface area contributed by atoms with Crippen molar-refractivity contribution in [3.63, 3.8) is 0 Å². The smallest absolute Gasteiger partial charge is 0.317 e. The third-order valence-electron chi connectivity index (χ3n) is 4.30. The summed E-state index contributed by atoms with van der Waals surface area (Å²) in [5.41, 5.74) is 0.933. The molecule has 2 aromatic rings. The van der Waals surface area contributed by atoms with Gasteiger partial charge in [0, 0.05) is 26.6 Å². The minimum Gasteiger partial charge on any atom is -0.493 e. The normalized spacial score (nSPS) is 12.6. The fourth-order valence-electron chi connectivity index (χ4n) is 2.91. The van der Waals surface area contributed by atoms with Crippen LogP contribution in [0.5, 0.6) is 11.5 Å². The highest BCUT2D eigenvalue weighted by Crippen LogP contribution is 2.27. The van der Waals surface area contributed by atoms with Gasteiger partial charge in [-0.2, -0.15) is 0 Å². The Morgan fingerprint density at radius 2 is 2.08 bits per heavy atom. The first-order valence-corrected chi connectivity index (χ1v) is 8.23. The van der Waals surface area contributed by atoms with E-state index in [1.54, 1.807) is 26.2 Å². The van der Waals surface area contributed by atoms with E-state index in [1.165, 1.54) is 0 Å². The number of carbonyl (C=O) groups is 1.